The highest BCUT2D eigenvalue weighted by Crippen LogP contribution is 2.31. The zero-order chi connectivity index (χ0) is 26.1. The molecule has 2 aromatic carbocycles. The summed E-state index contributed by atoms with van der Waals surface area (Å²) in [5.74, 6) is -0.0521. The molecular weight excluding hydrogens is 462 g/mol. The Hall–Kier alpha value is -3.71. The second kappa shape index (κ2) is 10.3. The van der Waals surface area contributed by atoms with E-state index in [-0.39, 0.29) is 17.5 Å². The molecule has 1 saturated carbocycles. The monoisotopic (exact) mass is 497 g/mol. The number of nitrogens with one attached hydrogen (secondary N) is 2. The molecule has 0 saturated heterocycles. The summed E-state index contributed by atoms with van der Waals surface area (Å²) in [5.41, 5.74) is 6.97. The van der Waals surface area contributed by atoms with Crippen LogP contribution < -0.4 is 5.56 Å². The van der Waals surface area contributed by atoms with Gasteiger partial charge in [-0.3, -0.25) is 14.7 Å². The molecule has 1 fully saturated rings. The molecule has 2 aromatic heterocycles. The molecule has 0 radical (unpaired) electrons. The third-order valence-corrected chi connectivity index (χ3v) is 7.42. The van der Waals surface area contributed by atoms with Crippen molar-refractivity contribution >= 4 is 16.8 Å². The summed E-state index contributed by atoms with van der Waals surface area (Å²) in [4.78, 5) is 34.1. The van der Waals surface area contributed by atoms with Gasteiger partial charge in [0.2, 0.25) is 0 Å². The minimum Gasteiger partial charge on any atom is -0.331 e. The maximum atomic E-state index is 14.3. The molecule has 0 spiro atoms. The van der Waals surface area contributed by atoms with Gasteiger partial charge >= 0.3 is 0 Å². The smallest absolute Gasteiger partial charge is 0.255 e. The molecule has 1 amide bonds. The van der Waals surface area contributed by atoms with Crippen molar-refractivity contribution in [2.24, 2.45) is 0 Å². The Morgan fingerprint density at radius 3 is 2.41 bits per heavy atom. The van der Waals surface area contributed by atoms with Crippen LogP contribution in [0.1, 0.15) is 58.4 Å². The molecule has 37 heavy (non-hydrogen) atoms. The molecule has 192 valence electrons. The van der Waals surface area contributed by atoms with Crippen molar-refractivity contribution in [3.8, 4) is 11.1 Å². The topological polar surface area (TPSA) is 85.1 Å². The number of pyridine rings is 1. The average molecular weight is 498 g/mol. The first-order valence-electron chi connectivity index (χ1n) is 13.0. The van der Waals surface area contributed by atoms with E-state index in [1.807, 2.05) is 30.9 Å². The second-order valence-electron chi connectivity index (χ2n) is 10.6. The van der Waals surface area contributed by atoms with Gasteiger partial charge in [0.1, 0.15) is 0 Å². The van der Waals surface area contributed by atoms with E-state index >= 15 is 0 Å². The summed E-state index contributed by atoms with van der Waals surface area (Å²) in [6.45, 7) is 5.00. The van der Waals surface area contributed by atoms with Crippen LogP contribution in [0, 0.1) is 13.8 Å². The Morgan fingerprint density at radius 1 is 1.00 bits per heavy atom. The van der Waals surface area contributed by atoms with Gasteiger partial charge in [-0.2, -0.15) is 5.10 Å². The van der Waals surface area contributed by atoms with Crippen molar-refractivity contribution in [3.63, 3.8) is 0 Å². The number of amides is 1. The molecule has 5 rings (SSSR count). The summed E-state index contributed by atoms with van der Waals surface area (Å²) in [5, 5.41) is 8.11. The fourth-order valence-corrected chi connectivity index (χ4v) is 5.55. The molecule has 7 nitrogen and oxygen atoms in total. The van der Waals surface area contributed by atoms with E-state index in [0.29, 0.717) is 17.7 Å². The molecular formula is C30H35N5O2. The Morgan fingerprint density at radius 2 is 1.73 bits per heavy atom. The first-order valence-corrected chi connectivity index (χ1v) is 13.0. The molecule has 0 unspecified atom stereocenters. The lowest BCUT2D eigenvalue weighted by Crippen LogP contribution is -2.40. The third kappa shape index (κ3) is 5.23. The van der Waals surface area contributed by atoms with E-state index in [2.05, 4.69) is 64.5 Å². The van der Waals surface area contributed by atoms with E-state index in [0.717, 1.165) is 65.5 Å². The summed E-state index contributed by atoms with van der Waals surface area (Å²) in [6, 6.07) is 14.6. The number of rotatable bonds is 7. The Bertz CT molecular complexity index is 1480. The van der Waals surface area contributed by atoms with Crippen LogP contribution in [0.25, 0.3) is 22.0 Å². The number of benzene rings is 2. The van der Waals surface area contributed by atoms with Crippen LogP contribution in [-0.2, 0) is 13.1 Å². The largest absolute Gasteiger partial charge is 0.331 e. The fraction of sp³-hybridized carbons (Fsp3) is 0.367. The van der Waals surface area contributed by atoms with Gasteiger partial charge in [-0.15, -0.1) is 0 Å². The van der Waals surface area contributed by atoms with Crippen molar-refractivity contribution in [2.75, 3.05) is 14.1 Å². The molecule has 1 aliphatic rings. The van der Waals surface area contributed by atoms with E-state index in [1.54, 1.807) is 6.20 Å². The molecule has 2 heterocycles. The lowest BCUT2D eigenvalue weighted by molar-refractivity contribution is 0.0665. The minimum atomic E-state index is -0.117. The van der Waals surface area contributed by atoms with Gasteiger partial charge in [-0.25, -0.2) is 0 Å². The highest BCUT2D eigenvalue weighted by atomic mass is 16.2. The molecule has 4 aromatic rings. The van der Waals surface area contributed by atoms with Crippen molar-refractivity contribution in [2.45, 2.75) is 58.7 Å². The maximum absolute atomic E-state index is 14.3. The zero-order valence-electron chi connectivity index (χ0n) is 22.1. The van der Waals surface area contributed by atoms with Crippen LogP contribution in [0.3, 0.4) is 0 Å². The van der Waals surface area contributed by atoms with Gasteiger partial charge in [0, 0.05) is 29.2 Å². The summed E-state index contributed by atoms with van der Waals surface area (Å²) >= 11 is 0. The molecule has 2 N–H and O–H groups in total. The molecule has 7 heteroatoms. The number of nitrogens with zero attached hydrogens (tertiary/aromatic N) is 3. The summed E-state index contributed by atoms with van der Waals surface area (Å²) < 4.78 is 0. The van der Waals surface area contributed by atoms with Gasteiger partial charge in [0.05, 0.1) is 23.8 Å². The minimum absolute atomic E-state index is 0.0521. The number of hydrogen-bond acceptors (Lipinski definition) is 4. The van der Waals surface area contributed by atoms with Crippen LogP contribution in [-0.4, -0.2) is 51.0 Å². The number of hydrogen-bond donors (Lipinski definition) is 2. The van der Waals surface area contributed by atoms with E-state index in [4.69, 9.17) is 0 Å². The first-order chi connectivity index (χ1) is 17.8. The average Bonchev–Trinajstić information content (AvgIpc) is 3.55. The van der Waals surface area contributed by atoms with Crippen molar-refractivity contribution < 1.29 is 4.79 Å². The summed E-state index contributed by atoms with van der Waals surface area (Å²) in [6.07, 6.45) is 5.83. The highest BCUT2D eigenvalue weighted by molar-refractivity contribution is 6.08. The standard InChI is InChI=1S/C30H35N5O2/c1-19-13-20(2)32-29(36)27(19)18-35(24-7-5-6-8-24)30(37)25-14-23(15-28-26(25)16-31-33-28)22-11-9-21(10-12-22)17-34(3)4/h9-16,24H,5-8,17-18H2,1-4H3,(H,31,33)(H,32,36). The van der Waals surface area contributed by atoms with Crippen LogP contribution >= 0.6 is 0 Å². The molecule has 0 aliphatic heterocycles. The van der Waals surface area contributed by atoms with E-state index in [9.17, 15) is 9.59 Å². The van der Waals surface area contributed by atoms with Gasteiger partial charge in [-0.05, 0) is 81.2 Å². The lowest BCUT2D eigenvalue weighted by atomic mass is 9.97. The predicted octanol–water partition coefficient (Wildman–Crippen LogP) is 5.18. The SMILES string of the molecule is Cc1cc(C)c(CN(C(=O)c2cc(-c3ccc(CN(C)C)cc3)cc3[nH]ncc23)C2CCCC2)c(=O)[nH]1. The van der Waals surface area contributed by atoms with Crippen LogP contribution in [0.4, 0.5) is 0 Å². The highest BCUT2D eigenvalue weighted by Gasteiger charge is 2.30. The van der Waals surface area contributed by atoms with Gasteiger partial charge < -0.3 is 14.8 Å². The number of aromatic amines is 2. The quantitative estimate of drug-likeness (QED) is 0.368. The lowest BCUT2D eigenvalue weighted by Gasteiger charge is -2.30. The Kier molecular flexibility index (Phi) is 6.98. The Balaban J connectivity index is 1.55. The van der Waals surface area contributed by atoms with E-state index in [1.165, 1.54) is 5.56 Å². The van der Waals surface area contributed by atoms with Crippen molar-refractivity contribution in [3.05, 3.63) is 87.0 Å². The second-order valence-corrected chi connectivity index (χ2v) is 10.6. The number of aromatic nitrogens is 3. The van der Waals surface area contributed by atoms with E-state index < -0.39 is 0 Å². The van der Waals surface area contributed by atoms with Gasteiger partial charge in [0.15, 0.2) is 0 Å². The first kappa shape index (κ1) is 25.0. The predicted molar refractivity (Wildman–Crippen MR) is 148 cm³/mol. The molecule has 0 atom stereocenters. The number of H-pyrrole nitrogens is 2. The van der Waals surface area contributed by atoms with Gasteiger partial charge in [0.25, 0.3) is 11.5 Å². The molecule has 1 aliphatic carbocycles. The van der Waals surface area contributed by atoms with Crippen LogP contribution in [0.5, 0.6) is 0 Å². The normalized spacial score (nSPS) is 14.1. The third-order valence-electron chi connectivity index (χ3n) is 7.42. The zero-order valence-corrected chi connectivity index (χ0v) is 22.1. The number of carbonyl (C=O) groups is 1. The summed E-state index contributed by atoms with van der Waals surface area (Å²) in [7, 11) is 4.11. The fourth-order valence-electron chi connectivity index (χ4n) is 5.55. The maximum Gasteiger partial charge on any atom is 0.255 e. The number of aryl methyl sites for hydroxylation is 2. The Labute approximate surface area is 217 Å². The van der Waals surface area contributed by atoms with Crippen LogP contribution in [0.2, 0.25) is 0 Å². The van der Waals surface area contributed by atoms with Gasteiger partial charge in [-0.1, -0.05) is 37.1 Å². The van der Waals surface area contributed by atoms with Crippen LogP contribution in [0.15, 0.2) is 53.5 Å². The number of fused-ring (bicyclic) bond motifs is 1. The van der Waals surface area contributed by atoms with Crippen molar-refractivity contribution in [1.29, 1.82) is 0 Å². The van der Waals surface area contributed by atoms with Crippen molar-refractivity contribution in [1.82, 2.24) is 25.0 Å². The molecule has 0 bridgehead atoms. The number of carbonyl (C=O) groups excluding carboxylic acids is 1.